The van der Waals surface area contributed by atoms with Gasteiger partial charge in [-0.25, -0.2) is 0 Å². The number of piperazine rings is 1. The lowest BCUT2D eigenvalue weighted by atomic mass is 10.2. The Kier molecular flexibility index (Phi) is 5.81. The third kappa shape index (κ3) is 4.83. The zero-order valence-corrected chi connectivity index (χ0v) is 14.7. The Balaban J connectivity index is 1.42. The summed E-state index contributed by atoms with van der Waals surface area (Å²) in [5.41, 5.74) is 1.03. The van der Waals surface area contributed by atoms with Gasteiger partial charge < -0.3 is 9.64 Å². The van der Waals surface area contributed by atoms with Gasteiger partial charge in [-0.2, -0.15) is 0 Å². The third-order valence-corrected chi connectivity index (χ3v) is 5.28. The zero-order chi connectivity index (χ0) is 16.2. The summed E-state index contributed by atoms with van der Waals surface area (Å²) in [6, 6.07) is 5.71. The van der Waals surface area contributed by atoms with E-state index in [2.05, 4.69) is 4.90 Å². The second kappa shape index (κ2) is 7.84. The maximum atomic E-state index is 12.1. The van der Waals surface area contributed by atoms with Crippen LogP contribution in [0.2, 0.25) is 10.0 Å². The van der Waals surface area contributed by atoms with Gasteiger partial charge in [-0.3, -0.25) is 9.69 Å². The second-order valence-electron chi connectivity index (χ2n) is 6.33. The van der Waals surface area contributed by atoms with Crippen LogP contribution in [0.15, 0.2) is 18.2 Å². The van der Waals surface area contributed by atoms with Crippen molar-refractivity contribution >= 4 is 29.1 Å². The Morgan fingerprint density at radius 2 is 1.91 bits per heavy atom. The van der Waals surface area contributed by atoms with Crippen LogP contribution in [0, 0.1) is 5.92 Å². The van der Waals surface area contributed by atoms with E-state index in [9.17, 15) is 4.79 Å². The molecule has 0 aromatic heterocycles. The van der Waals surface area contributed by atoms with Crippen LogP contribution in [-0.4, -0.2) is 55.1 Å². The second-order valence-corrected chi connectivity index (χ2v) is 7.11. The molecule has 1 aliphatic carbocycles. The van der Waals surface area contributed by atoms with E-state index >= 15 is 0 Å². The lowest BCUT2D eigenvalue weighted by Gasteiger charge is -2.34. The molecule has 0 unspecified atom stereocenters. The largest absolute Gasteiger partial charge is 0.371 e. The van der Waals surface area contributed by atoms with E-state index in [1.807, 2.05) is 17.0 Å². The molecule has 4 nitrogen and oxygen atoms in total. The standard InChI is InChI=1S/C17H22Cl2N2O2/c18-15-3-1-2-14(17(15)19)10-20-6-8-21(9-7-20)16(22)12-23-11-13-4-5-13/h1-3,13H,4-12H2. The fraction of sp³-hybridized carbons (Fsp3) is 0.588. The van der Waals surface area contributed by atoms with Gasteiger partial charge in [0.05, 0.1) is 16.7 Å². The highest BCUT2D eigenvalue weighted by atomic mass is 35.5. The molecule has 23 heavy (non-hydrogen) atoms. The maximum absolute atomic E-state index is 12.1. The van der Waals surface area contributed by atoms with E-state index < -0.39 is 0 Å². The molecule has 1 aromatic carbocycles. The topological polar surface area (TPSA) is 32.8 Å². The number of halogens is 2. The molecule has 3 rings (SSSR count). The number of benzene rings is 1. The van der Waals surface area contributed by atoms with Crippen LogP contribution in [0.5, 0.6) is 0 Å². The first-order valence-electron chi connectivity index (χ1n) is 8.14. The first-order valence-corrected chi connectivity index (χ1v) is 8.90. The van der Waals surface area contributed by atoms with Crippen LogP contribution in [0.25, 0.3) is 0 Å². The Hall–Kier alpha value is -0.810. The van der Waals surface area contributed by atoms with E-state index in [-0.39, 0.29) is 12.5 Å². The molecular formula is C17H22Cl2N2O2. The van der Waals surface area contributed by atoms with Gasteiger partial charge in [-0.05, 0) is 30.4 Å². The van der Waals surface area contributed by atoms with Crippen molar-refractivity contribution in [1.82, 2.24) is 9.80 Å². The molecule has 0 bridgehead atoms. The minimum atomic E-state index is 0.103. The molecule has 1 aliphatic heterocycles. The summed E-state index contributed by atoms with van der Waals surface area (Å²) in [4.78, 5) is 16.3. The van der Waals surface area contributed by atoms with E-state index in [4.69, 9.17) is 27.9 Å². The van der Waals surface area contributed by atoms with Crippen LogP contribution in [0.3, 0.4) is 0 Å². The smallest absolute Gasteiger partial charge is 0.248 e. The molecular weight excluding hydrogens is 335 g/mol. The van der Waals surface area contributed by atoms with Gasteiger partial charge in [0.15, 0.2) is 0 Å². The number of ether oxygens (including phenoxy) is 1. The highest BCUT2D eigenvalue weighted by Crippen LogP contribution is 2.29. The Labute approximate surface area is 147 Å². The number of carbonyl (C=O) groups excluding carboxylic acids is 1. The summed E-state index contributed by atoms with van der Waals surface area (Å²) in [6.45, 7) is 4.89. The third-order valence-electron chi connectivity index (χ3n) is 4.43. The minimum Gasteiger partial charge on any atom is -0.371 e. The molecule has 126 valence electrons. The Morgan fingerprint density at radius 3 is 2.61 bits per heavy atom. The molecule has 2 aliphatic rings. The van der Waals surface area contributed by atoms with Crippen molar-refractivity contribution < 1.29 is 9.53 Å². The summed E-state index contributed by atoms with van der Waals surface area (Å²) in [5, 5.41) is 1.21. The van der Waals surface area contributed by atoms with Crippen molar-refractivity contribution in [2.24, 2.45) is 5.92 Å². The first kappa shape index (κ1) is 17.0. The monoisotopic (exact) mass is 356 g/mol. The highest BCUT2D eigenvalue weighted by molar-refractivity contribution is 6.42. The van der Waals surface area contributed by atoms with Crippen LogP contribution in [-0.2, 0) is 16.1 Å². The average molecular weight is 357 g/mol. The number of rotatable bonds is 6. The summed E-state index contributed by atoms with van der Waals surface area (Å²) >= 11 is 12.3. The number of amides is 1. The molecule has 0 radical (unpaired) electrons. The van der Waals surface area contributed by atoms with E-state index in [1.54, 1.807) is 6.07 Å². The fourth-order valence-electron chi connectivity index (χ4n) is 2.76. The van der Waals surface area contributed by atoms with Gasteiger partial charge >= 0.3 is 0 Å². The van der Waals surface area contributed by atoms with E-state index in [1.165, 1.54) is 12.8 Å². The fourth-order valence-corrected chi connectivity index (χ4v) is 3.14. The summed E-state index contributed by atoms with van der Waals surface area (Å²) in [5.74, 6) is 0.799. The molecule has 0 atom stereocenters. The van der Waals surface area contributed by atoms with Crippen molar-refractivity contribution in [1.29, 1.82) is 0 Å². The molecule has 1 saturated carbocycles. The van der Waals surface area contributed by atoms with Crippen LogP contribution < -0.4 is 0 Å². The molecule has 1 heterocycles. The van der Waals surface area contributed by atoms with Gasteiger partial charge in [0, 0.05) is 32.7 Å². The lowest BCUT2D eigenvalue weighted by Crippen LogP contribution is -2.49. The first-order chi connectivity index (χ1) is 11.1. The van der Waals surface area contributed by atoms with Crippen LogP contribution in [0.4, 0.5) is 0 Å². The van der Waals surface area contributed by atoms with E-state index in [0.717, 1.165) is 44.9 Å². The van der Waals surface area contributed by atoms with Gasteiger partial charge in [0.2, 0.25) is 5.91 Å². The number of nitrogens with zero attached hydrogens (tertiary/aromatic N) is 2. The van der Waals surface area contributed by atoms with E-state index in [0.29, 0.717) is 16.0 Å². The van der Waals surface area contributed by atoms with Crippen molar-refractivity contribution in [3.63, 3.8) is 0 Å². The molecule has 1 saturated heterocycles. The normalized spacial score (nSPS) is 19.1. The minimum absolute atomic E-state index is 0.103. The SMILES string of the molecule is O=C(COCC1CC1)N1CCN(Cc2cccc(Cl)c2Cl)CC1. The van der Waals surface area contributed by atoms with Crippen LogP contribution in [0.1, 0.15) is 18.4 Å². The highest BCUT2D eigenvalue weighted by Gasteiger charge is 2.24. The van der Waals surface area contributed by atoms with Crippen molar-refractivity contribution in [2.45, 2.75) is 19.4 Å². The van der Waals surface area contributed by atoms with Crippen molar-refractivity contribution in [3.8, 4) is 0 Å². The molecule has 1 amide bonds. The molecule has 6 heteroatoms. The molecule has 0 N–H and O–H groups in total. The van der Waals surface area contributed by atoms with Gasteiger partial charge in [0.1, 0.15) is 6.61 Å². The van der Waals surface area contributed by atoms with Gasteiger partial charge in [-0.15, -0.1) is 0 Å². The summed E-state index contributed by atoms with van der Waals surface area (Å²) in [6.07, 6.45) is 2.50. The quantitative estimate of drug-likeness (QED) is 0.785. The molecule has 0 spiro atoms. The van der Waals surface area contributed by atoms with Crippen molar-refractivity contribution in [2.75, 3.05) is 39.4 Å². The Morgan fingerprint density at radius 1 is 1.17 bits per heavy atom. The number of hydrogen-bond acceptors (Lipinski definition) is 3. The zero-order valence-electron chi connectivity index (χ0n) is 13.1. The van der Waals surface area contributed by atoms with Crippen LogP contribution >= 0.6 is 23.2 Å². The summed E-state index contributed by atoms with van der Waals surface area (Å²) in [7, 11) is 0. The molecule has 2 fully saturated rings. The predicted molar refractivity (Wildman–Crippen MR) is 91.9 cm³/mol. The predicted octanol–water partition coefficient (Wildman–Crippen LogP) is 3.06. The maximum Gasteiger partial charge on any atom is 0.248 e. The summed E-state index contributed by atoms with van der Waals surface area (Å²) < 4.78 is 5.49. The Bertz CT molecular complexity index is 556. The lowest BCUT2D eigenvalue weighted by molar-refractivity contribution is -0.138. The average Bonchev–Trinajstić information content (AvgIpc) is 3.37. The molecule has 1 aromatic rings. The van der Waals surface area contributed by atoms with Gasteiger partial charge in [0.25, 0.3) is 0 Å². The number of hydrogen-bond donors (Lipinski definition) is 0. The van der Waals surface area contributed by atoms with Gasteiger partial charge in [-0.1, -0.05) is 35.3 Å². The van der Waals surface area contributed by atoms with Crippen molar-refractivity contribution in [3.05, 3.63) is 33.8 Å². The number of carbonyl (C=O) groups is 1.